The number of aliphatic hydroxyl groups is 1. The molecule has 1 aromatic carbocycles. The van der Waals surface area contributed by atoms with Crippen LogP contribution in [0.5, 0.6) is 0 Å². The number of benzene rings is 1. The van der Waals surface area contributed by atoms with E-state index in [0.29, 0.717) is 27.1 Å². The molecule has 158 valence electrons. The van der Waals surface area contributed by atoms with Crippen LogP contribution in [0.2, 0.25) is 4.34 Å². The zero-order chi connectivity index (χ0) is 21.3. The Kier molecular flexibility index (Phi) is 5.91. The number of ether oxygens (including phenoxy) is 2. The third-order valence-electron chi connectivity index (χ3n) is 4.70. The third kappa shape index (κ3) is 4.26. The summed E-state index contributed by atoms with van der Waals surface area (Å²) in [7, 11) is 0. The number of morpholine rings is 1. The van der Waals surface area contributed by atoms with Gasteiger partial charge >= 0.3 is 6.09 Å². The summed E-state index contributed by atoms with van der Waals surface area (Å²) < 4.78 is 10.8. The van der Waals surface area contributed by atoms with Gasteiger partial charge in [-0.3, -0.25) is 14.5 Å². The number of hydrogen-bond donors (Lipinski definition) is 2. The Labute approximate surface area is 180 Å². The van der Waals surface area contributed by atoms with Crippen LogP contribution in [0.4, 0.5) is 16.2 Å². The molecule has 0 bridgehead atoms. The van der Waals surface area contributed by atoms with Gasteiger partial charge in [0.2, 0.25) is 6.29 Å². The van der Waals surface area contributed by atoms with Crippen molar-refractivity contribution in [1.29, 1.82) is 0 Å². The molecule has 3 heterocycles. The summed E-state index contributed by atoms with van der Waals surface area (Å²) in [5, 5.41) is 12.3. The zero-order valence-corrected chi connectivity index (χ0v) is 17.2. The third-order valence-corrected chi connectivity index (χ3v) is 5.93. The summed E-state index contributed by atoms with van der Waals surface area (Å²) in [6.07, 6.45) is -2.47. The number of halogens is 1. The lowest BCUT2D eigenvalue weighted by Crippen LogP contribution is -2.47. The summed E-state index contributed by atoms with van der Waals surface area (Å²) in [4.78, 5) is 39.7. The van der Waals surface area contributed by atoms with E-state index in [1.165, 1.54) is 21.1 Å². The van der Waals surface area contributed by atoms with E-state index >= 15 is 0 Å². The summed E-state index contributed by atoms with van der Waals surface area (Å²) in [5.74, 6) is -0.805. The number of carbonyl (C=O) groups is 3. The number of amides is 3. The summed E-state index contributed by atoms with van der Waals surface area (Å²) in [6, 6.07) is 10.0. The molecule has 4 rings (SSSR count). The van der Waals surface area contributed by atoms with Gasteiger partial charge in [0, 0.05) is 17.9 Å². The maximum Gasteiger partial charge on any atom is 0.414 e. The topological polar surface area (TPSA) is 108 Å². The average Bonchev–Trinajstić information content (AvgIpc) is 3.34. The molecular weight excluding hydrogens is 434 g/mol. The minimum absolute atomic E-state index is 0.175. The molecule has 2 fully saturated rings. The second-order valence-electron chi connectivity index (χ2n) is 6.66. The van der Waals surface area contributed by atoms with Crippen molar-refractivity contribution in [3.8, 4) is 0 Å². The molecule has 0 aliphatic carbocycles. The lowest BCUT2D eigenvalue weighted by atomic mass is 10.2. The molecule has 2 aliphatic rings. The van der Waals surface area contributed by atoms with E-state index < -0.39 is 24.4 Å². The molecule has 2 aliphatic heterocycles. The van der Waals surface area contributed by atoms with Crippen LogP contribution in [0.1, 0.15) is 9.67 Å². The predicted molar refractivity (Wildman–Crippen MR) is 110 cm³/mol. The van der Waals surface area contributed by atoms with Gasteiger partial charge in [0.25, 0.3) is 11.8 Å². The average molecular weight is 452 g/mol. The molecule has 1 unspecified atom stereocenters. The van der Waals surface area contributed by atoms with Gasteiger partial charge in [-0.15, -0.1) is 11.3 Å². The van der Waals surface area contributed by atoms with Gasteiger partial charge in [-0.05, 0) is 36.4 Å². The van der Waals surface area contributed by atoms with Crippen LogP contribution in [0.25, 0.3) is 0 Å². The number of nitrogens with one attached hydrogen (secondary N) is 1. The second kappa shape index (κ2) is 8.60. The van der Waals surface area contributed by atoms with E-state index in [0.717, 1.165) is 0 Å². The summed E-state index contributed by atoms with van der Waals surface area (Å²) >= 11 is 7.01. The van der Waals surface area contributed by atoms with E-state index in [1.54, 1.807) is 36.4 Å². The van der Waals surface area contributed by atoms with Gasteiger partial charge in [-0.1, -0.05) is 11.6 Å². The number of rotatable bonds is 5. The van der Waals surface area contributed by atoms with E-state index in [2.05, 4.69) is 5.32 Å². The van der Waals surface area contributed by atoms with Crippen molar-refractivity contribution in [1.82, 2.24) is 5.32 Å². The van der Waals surface area contributed by atoms with E-state index in [-0.39, 0.29) is 25.6 Å². The molecule has 30 heavy (non-hydrogen) atoms. The van der Waals surface area contributed by atoms with Crippen molar-refractivity contribution < 1.29 is 29.0 Å². The molecule has 0 spiro atoms. The Morgan fingerprint density at radius 3 is 2.53 bits per heavy atom. The Bertz CT molecular complexity index is 965. The highest BCUT2D eigenvalue weighted by Gasteiger charge is 2.33. The van der Waals surface area contributed by atoms with Gasteiger partial charge < -0.3 is 24.8 Å². The van der Waals surface area contributed by atoms with Crippen LogP contribution in [0, 0.1) is 0 Å². The van der Waals surface area contributed by atoms with Crippen LogP contribution in [0.15, 0.2) is 36.4 Å². The molecule has 2 saturated heterocycles. The van der Waals surface area contributed by atoms with Crippen molar-refractivity contribution in [3.63, 3.8) is 0 Å². The Hall–Kier alpha value is -2.66. The molecule has 1 aromatic heterocycles. The first-order valence-corrected chi connectivity index (χ1v) is 10.3. The van der Waals surface area contributed by atoms with Gasteiger partial charge in [0.05, 0.1) is 28.9 Å². The quantitative estimate of drug-likeness (QED) is 0.718. The first kappa shape index (κ1) is 20.6. The van der Waals surface area contributed by atoms with Crippen LogP contribution in [-0.4, -0.2) is 61.6 Å². The highest BCUT2D eigenvalue weighted by Crippen LogP contribution is 2.26. The molecule has 2 N–H and O–H groups in total. The molecule has 2 aromatic rings. The Morgan fingerprint density at radius 1 is 1.17 bits per heavy atom. The zero-order valence-electron chi connectivity index (χ0n) is 15.6. The second-order valence-corrected chi connectivity index (χ2v) is 8.37. The summed E-state index contributed by atoms with van der Waals surface area (Å²) in [5.41, 5.74) is 1.20. The van der Waals surface area contributed by atoms with Gasteiger partial charge in [-0.25, -0.2) is 4.79 Å². The van der Waals surface area contributed by atoms with Gasteiger partial charge in [0.15, 0.2) is 0 Å². The van der Waals surface area contributed by atoms with Crippen LogP contribution in [0.3, 0.4) is 0 Å². The molecule has 3 amide bonds. The lowest BCUT2D eigenvalue weighted by Gasteiger charge is -2.30. The van der Waals surface area contributed by atoms with Crippen molar-refractivity contribution in [2.75, 3.05) is 36.0 Å². The molecular formula is C19H18ClN3O6S. The maximum atomic E-state index is 12.2. The largest absolute Gasteiger partial charge is 0.442 e. The minimum Gasteiger partial charge on any atom is -0.442 e. The fourth-order valence-electron chi connectivity index (χ4n) is 3.21. The van der Waals surface area contributed by atoms with Crippen molar-refractivity contribution in [2.45, 2.75) is 12.4 Å². The van der Waals surface area contributed by atoms with Crippen LogP contribution >= 0.6 is 22.9 Å². The van der Waals surface area contributed by atoms with Crippen molar-refractivity contribution in [3.05, 3.63) is 45.6 Å². The highest BCUT2D eigenvalue weighted by molar-refractivity contribution is 7.18. The summed E-state index contributed by atoms with van der Waals surface area (Å²) in [6.45, 7) is 1.02. The number of nitrogens with zero attached hydrogens (tertiary/aromatic N) is 2. The van der Waals surface area contributed by atoms with Gasteiger partial charge in [-0.2, -0.15) is 0 Å². The Balaban J connectivity index is 1.36. The Morgan fingerprint density at radius 2 is 1.87 bits per heavy atom. The normalized spacial score (nSPS) is 21.7. The fraction of sp³-hybridized carbons (Fsp3) is 0.316. The number of thiophene rings is 1. The van der Waals surface area contributed by atoms with E-state index in [4.69, 9.17) is 21.1 Å². The molecule has 0 saturated carbocycles. The monoisotopic (exact) mass is 451 g/mol. The predicted octanol–water partition coefficient (Wildman–Crippen LogP) is 1.84. The highest BCUT2D eigenvalue weighted by atomic mass is 35.5. The minimum atomic E-state index is -1.46. The van der Waals surface area contributed by atoms with Crippen LogP contribution in [-0.2, 0) is 14.3 Å². The number of cyclic esters (lactones) is 1. The standard InChI is InChI=1S/C19H18ClN3O6S/c20-15-6-5-14(30-15)16(24)21-9-13-10-23(19(27)29-13)12-3-1-11(2-4-12)22-7-8-28-18(26)17(22)25/h1-6,13,18,26H,7-10H2,(H,21,24)/t13-,18?/m0/s1. The first-order chi connectivity index (χ1) is 14.4. The van der Waals surface area contributed by atoms with E-state index in [1.807, 2.05) is 0 Å². The number of carbonyl (C=O) groups excluding carboxylic acids is 3. The maximum absolute atomic E-state index is 12.2. The van der Waals surface area contributed by atoms with E-state index in [9.17, 15) is 19.5 Å². The molecule has 0 radical (unpaired) electrons. The smallest absolute Gasteiger partial charge is 0.414 e. The van der Waals surface area contributed by atoms with Crippen molar-refractivity contribution >= 4 is 52.2 Å². The molecule has 9 nitrogen and oxygen atoms in total. The molecule has 11 heteroatoms. The van der Waals surface area contributed by atoms with Crippen molar-refractivity contribution in [2.24, 2.45) is 0 Å². The number of hydrogen-bond acceptors (Lipinski definition) is 7. The number of aliphatic hydroxyl groups excluding tert-OH is 1. The van der Waals surface area contributed by atoms with Crippen LogP contribution < -0.4 is 15.1 Å². The fourth-order valence-corrected chi connectivity index (χ4v) is 4.17. The first-order valence-electron chi connectivity index (χ1n) is 9.15. The number of anilines is 2. The van der Waals surface area contributed by atoms with Gasteiger partial charge in [0.1, 0.15) is 6.10 Å². The lowest BCUT2D eigenvalue weighted by molar-refractivity contribution is -0.161. The molecule has 2 atom stereocenters. The SMILES string of the molecule is O=C(NC[C@H]1CN(c2ccc(N3CCOC(O)C3=O)cc2)C(=O)O1)c1ccc(Cl)s1.